The molecule has 0 aliphatic rings. The standard InChI is InChI=1S/C13H10Cl2O/c14-11-7-4-8-12(15)13(11)16-9-10-5-2-1-3-6-10/h1-8H,9H2. The van der Waals surface area contributed by atoms with Crippen molar-refractivity contribution in [3.8, 4) is 5.75 Å². The largest absolute Gasteiger partial charge is 0.486 e. The van der Waals surface area contributed by atoms with Gasteiger partial charge in [-0.15, -0.1) is 0 Å². The van der Waals surface area contributed by atoms with Crippen LogP contribution in [0.1, 0.15) is 5.56 Å². The van der Waals surface area contributed by atoms with Gasteiger partial charge in [-0.25, -0.2) is 0 Å². The second kappa shape index (κ2) is 5.24. The highest BCUT2D eigenvalue weighted by molar-refractivity contribution is 6.37. The molecule has 0 saturated carbocycles. The first-order valence-corrected chi connectivity index (χ1v) is 5.63. The van der Waals surface area contributed by atoms with Crippen LogP contribution in [-0.4, -0.2) is 0 Å². The third-order valence-corrected chi connectivity index (χ3v) is 2.74. The van der Waals surface area contributed by atoms with Gasteiger partial charge in [0.1, 0.15) is 6.61 Å². The van der Waals surface area contributed by atoms with Crippen molar-refractivity contribution in [1.29, 1.82) is 0 Å². The van der Waals surface area contributed by atoms with Gasteiger partial charge in [-0.05, 0) is 17.7 Å². The monoisotopic (exact) mass is 252 g/mol. The first-order valence-electron chi connectivity index (χ1n) is 4.88. The van der Waals surface area contributed by atoms with E-state index in [1.165, 1.54) is 0 Å². The van der Waals surface area contributed by atoms with Gasteiger partial charge < -0.3 is 4.74 Å². The minimum Gasteiger partial charge on any atom is -0.486 e. The third-order valence-electron chi connectivity index (χ3n) is 2.14. The molecule has 0 fully saturated rings. The van der Waals surface area contributed by atoms with Crippen LogP contribution in [0.25, 0.3) is 0 Å². The molecule has 0 saturated heterocycles. The molecular formula is C13H10Cl2O. The molecule has 0 unspecified atom stereocenters. The second-order valence-corrected chi connectivity index (χ2v) is 4.14. The Morgan fingerprint density at radius 2 is 1.44 bits per heavy atom. The molecular weight excluding hydrogens is 243 g/mol. The van der Waals surface area contributed by atoms with Crippen molar-refractivity contribution >= 4 is 23.2 Å². The highest BCUT2D eigenvalue weighted by Crippen LogP contribution is 2.32. The molecule has 3 heteroatoms. The lowest BCUT2D eigenvalue weighted by atomic mass is 10.2. The van der Waals surface area contributed by atoms with Crippen LogP contribution in [0, 0.1) is 0 Å². The van der Waals surface area contributed by atoms with Crippen molar-refractivity contribution in [3.63, 3.8) is 0 Å². The Kier molecular flexibility index (Phi) is 3.70. The van der Waals surface area contributed by atoms with E-state index in [2.05, 4.69) is 0 Å². The molecule has 2 rings (SSSR count). The van der Waals surface area contributed by atoms with E-state index in [1.54, 1.807) is 18.2 Å². The van der Waals surface area contributed by atoms with E-state index in [9.17, 15) is 0 Å². The van der Waals surface area contributed by atoms with Crippen molar-refractivity contribution in [2.75, 3.05) is 0 Å². The lowest BCUT2D eigenvalue weighted by molar-refractivity contribution is 0.306. The van der Waals surface area contributed by atoms with Gasteiger partial charge >= 0.3 is 0 Å². The average Bonchev–Trinajstić information content (AvgIpc) is 2.30. The van der Waals surface area contributed by atoms with Gasteiger partial charge in [0.25, 0.3) is 0 Å². The second-order valence-electron chi connectivity index (χ2n) is 3.33. The molecule has 0 heterocycles. The number of ether oxygens (including phenoxy) is 1. The fourth-order valence-corrected chi connectivity index (χ4v) is 1.86. The number of halogens is 2. The first kappa shape index (κ1) is 11.3. The number of hydrogen-bond donors (Lipinski definition) is 0. The lowest BCUT2D eigenvalue weighted by Crippen LogP contribution is -1.96. The van der Waals surface area contributed by atoms with E-state index in [0.29, 0.717) is 22.4 Å². The van der Waals surface area contributed by atoms with Crippen molar-refractivity contribution in [2.45, 2.75) is 6.61 Å². The van der Waals surface area contributed by atoms with Gasteiger partial charge in [0.05, 0.1) is 10.0 Å². The van der Waals surface area contributed by atoms with Crippen molar-refractivity contribution in [1.82, 2.24) is 0 Å². The molecule has 16 heavy (non-hydrogen) atoms. The summed E-state index contributed by atoms with van der Waals surface area (Å²) in [5, 5.41) is 1.06. The Balaban J connectivity index is 2.11. The van der Waals surface area contributed by atoms with Crippen LogP contribution in [0.4, 0.5) is 0 Å². The van der Waals surface area contributed by atoms with Crippen LogP contribution >= 0.6 is 23.2 Å². The highest BCUT2D eigenvalue weighted by atomic mass is 35.5. The van der Waals surface area contributed by atoms with Crippen LogP contribution < -0.4 is 4.74 Å². The number of para-hydroxylation sites is 1. The van der Waals surface area contributed by atoms with E-state index in [1.807, 2.05) is 30.3 Å². The molecule has 0 aliphatic heterocycles. The Bertz CT molecular complexity index is 448. The third kappa shape index (κ3) is 2.69. The number of hydrogen-bond acceptors (Lipinski definition) is 1. The number of benzene rings is 2. The van der Waals surface area contributed by atoms with Crippen molar-refractivity contribution < 1.29 is 4.74 Å². The lowest BCUT2D eigenvalue weighted by Gasteiger charge is -2.09. The molecule has 82 valence electrons. The summed E-state index contributed by atoms with van der Waals surface area (Å²) in [6.45, 7) is 0.463. The molecule has 0 bridgehead atoms. The zero-order chi connectivity index (χ0) is 11.4. The zero-order valence-corrected chi connectivity index (χ0v) is 10.0. The molecule has 2 aromatic rings. The highest BCUT2D eigenvalue weighted by Gasteiger charge is 2.06. The van der Waals surface area contributed by atoms with E-state index in [4.69, 9.17) is 27.9 Å². The normalized spacial score (nSPS) is 10.1. The number of rotatable bonds is 3. The first-order chi connectivity index (χ1) is 7.77. The van der Waals surface area contributed by atoms with Gasteiger partial charge in [-0.3, -0.25) is 0 Å². The average molecular weight is 253 g/mol. The van der Waals surface area contributed by atoms with E-state index >= 15 is 0 Å². The van der Waals surface area contributed by atoms with E-state index in [0.717, 1.165) is 5.56 Å². The fourth-order valence-electron chi connectivity index (χ4n) is 1.35. The molecule has 1 nitrogen and oxygen atoms in total. The SMILES string of the molecule is Clc1cccc(Cl)c1OCc1ccccc1. The molecule has 0 spiro atoms. The Morgan fingerprint density at radius 1 is 0.812 bits per heavy atom. The predicted octanol–water partition coefficient (Wildman–Crippen LogP) is 4.57. The summed E-state index contributed by atoms with van der Waals surface area (Å²) >= 11 is 12.0. The summed E-state index contributed by atoms with van der Waals surface area (Å²) in [6, 6.07) is 15.2. The molecule has 0 amide bonds. The van der Waals surface area contributed by atoms with Gasteiger partial charge in [-0.1, -0.05) is 59.6 Å². The van der Waals surface area contributed by atoms with Crippen LogP contribution in [0.2, 0.25) is 10.0 Å². The zero-order valence-electron chi connectivity index (χ0n) is 8.49. The summed E-state index contributed by atoms with van der Waals surface area (Å²) in [6.07, 6.45) is 0. The summed E-state index contributed by atoms with van der Waals surface area (Å²) < 4.78 is 5.59. The molecule has 0 radical (unpaired) electrons. The molecule has 0 N–H and O–H groups in total. The molecule has 0 aromatic heterocycles. The Hall–Kier alpha value is -1.18. The fraction of sp³-hybridized carbons (Fsp3) is 0.0769. The summed E-state index contributed by atoms with van der Waals surface area (Å²) in [5.74, 6) is 0.537. The molecule has 0 aliphatic carbocycles. The predicted molar refractivity (Wildman–Crippen MR) is 67.2 cm³/mol. The Morgan fingerprint density at radius 3 is 2.06 bits per heavy atom. The van der Waals surface area contributed by atoms with Crippen LogP contribution in [0.15, 0.2) is 48.5 Å². The van der Waals surface area contributed by atoms with Crippen molar-refractivity contribution in [3.05, 3.63) is 64.1 Å². The topological polar surface area (TPSA) is 9.23 Å². The maximum atomic E-state index is 5.99. The van der Waals surface area contributed by atoms with Crippen molar-refractivity contribution in [2.24, 2.45) is 0 Å². The summed E-state index contributed by atoms with van der Waals surface area (Å²) in [5.41, 5.74) is 1.08. The molecule has 2 aromatic carbocycles. The van der Waals surface area contributed by atoms with Gasteiger partial charge in [-0.2, -0.15) is 0 Å². The van der Waals surface area contributed by atoms with Gasteiger partial charge in [0, 0.05) is 0 Å². The summed E-state index contributed by atoms with van der Waals surface area (Å²) in [4.78, 5) is 0. The smallest absolute Gasteiger partial charge is 0.156 e. The van der Waals surface area contributed by atoms with Crippen LogP contribution in [0.3, 0.4) is 0 Å². The van der Waals surface area contributed by atoms with Gasteiger partial charge in [0.2, 0.25) is 0 Å². The van der Waals surface area contributed by atoms with Crippen LogP contribution in [0.5, 0.6) is 5.75 Å². The van der Waals surface area contributed by atoms with E-state index < -0.39 is 0 Å². The summed E-state index contributed by atoms with van der Waals surface area (Å²) in [7, 11) is 0. The minimum absolute atomic E-state index is 0.463. The maximum absolute atomic E-state index is 5.99. The molecule has 0 atom stereocenters. The maximum Gasteiger partial charge on any atom is 0.156 e. The van der Waals surface area contributed by atoms with Crippen LogP contribution in [-0.2, 0) is 6.61 Å². The quantitative estimate of drug-likeness (QED) is 0.778. The minimum atomic E-state index is 0.463. The van der Waals surface area contributed by atoms with Gasteiger partial charge in [0.15, 0.2) is 5.75 Å². The van der Waals surface area contributed by atoms with E-state index in [-0.39, 0.29) is 0 Å². The Labute approximate surface area is 105 Å².